The molecule has 5 nitrogen and oxygen atoms in total. The Morgan fingerprint density at radius 3 is 2.24 bits per heavy atom. The van der Waals surface area contributed by atoms with Gasteiger partial charge in [-0.3, -0.25) is 14.9 Å². The number of carbonyl (C=O) groups excluding carboxylic acids is 2. The number of hydrogen-bond donors (Lipinski definition) is 2. The van der Waals surface area contributed by atoms with Gasteiger partial charge in [0.1, 0.15) is 0 Å². The standard InChI is InChI=1S/C15H17N3O2S/c1-8-5-6-12(7-9(8)2)17-13(19)14(20)18-15-16-10(3)11(4)21-15/h5-7H,1-4H3,(H,17,19)(H,16,18,20). The van der Waals surface area contributed by atoms with Gasteiger partial charge < -0.3 is 5.32 Å². The van der Waals surface area contributed by atoms with Crippen LogP contribution in [-0.4, -0.2) is 16.8 Å². The van der Waals surface area contributed by atoms with Gasteiger partial charge >= 0.3 is 11.8 Å². The summed E-state index contributed by atoms with van der Waals surface area (Å²) in [4.78, 5) is 28.9. The number of aromatic nitrogens is 1. The van der Waals surface area contributed by atoms with E-state index in [0.29, 0.717) is 10.8 Å². The van der Waals surface area contributed by atoms with Gasteiger partial charge in [-0.1, -0.05) is 6.07 Å². The maximum atomic E-state index is 11.9. The topological polar surface area (TPSA) is 71.1 Å². The molecule has 0 aliphatic heterocycles. The first-order chi connectivity index (χ1) is 9.86. The maximum Gasteiger partial charge on any atom is 0.315 e. The fraction of sp³-hybridized carbons (Fsp3) is 0.267. The highest BCUT2D eigenvalue weighted by Gasteiger charge is 2.16. The van der Waals surface area contributed by atoms with Crippen LogP contribution in [0.2, 0.25) is 0 Å². The van der Waals surface area contributed by atoms with Gasteiger partial charge in [0.15, 0.2) is 5.13 Å². The zero-order chi connectivity index (χ0) is 15.6. The van der Waals surface area contributed by atoms with Gasteiger partial charge in [-0.05, 0) is 51.0 Å². The van der Waals surface area contributed by atoms with Gasteiger partial charge in [-0.15, -0.1) is 11.3 Å². The molecule has 110 valence electrons. The highest BCUT2D eigenvalue weighted by Crippen LogP contribution is 2.21. The number of benzene rings is 1. The number of rotatable bonds is 2. The Balaban J connectivity index is 2.02. The molecule has 0 bridgehead atoms. The van der Waals surface area contributed by atoms with Crippen LogP contribution >= 0.6 is 11.3 Å². The number of amides is 2. The Morgan fingerprint density at radius 2 is 1.67 bits per heavy atom. The van der Waals surface area contributed by atoms with Gasteiger partial charge in [0.2, 0.25) is 0 Å². The van der Waals surface area contributed by atoms with Crippen LogP contribution in [0.25, 0.3) is 0 Å². The minimum Gasteiger partial charge on any atom is -0.318 e. The van der Waals surface area contributed by atoms with E-state index < -0.39 is 11.8 Å². The van der Waals surface area contributed by atoms with Crippen LogP contribution < -0.4 is 10.6 Å². The molecule has 2 aromatic rings. The van der Waals surface area contributed by atoms with Gasteiger partial charge in [0, 0.05) is 10.6 Å². The zero-order valence-corrected chi connectivity index (χ0v) is 13.2. The summed E-state index contributed by atoms with van der Waals surface area (Å²) >= 11 is 1.35. The molecule has 21 heavy (non-hydrogen) atoms. The van der Waals surface area contributed by atoms with Crippen molar-refractivity contribution in [2.75, 3.05) is 10.6 Å². The van der Waals surface area contributed by atoms with Crippen molar-refractivity contribution in [3.05, 3.63) is 39.9 Å². The third-order valence-electron chi connectivity index (χ3n) is 3.22. The molecule has 0 fully saturated rings. The van der Waals surface area contributed by atoms with Crippen LogP contribution in [0, 0.1) is 27.7 Å². The molecular formula is C15H17N3O2S. The van der Waals surface area contributed by atoms with Gasteiger partial charge in [-0.2, -0.15) is 0 Å². The molecule has 0 saturated carbocycles. The van der Waals surface area contributed by atoms with E-state index in [1.165, 1.54) is 11.3 Å². The normalized spacial score (nSPS) is 10.3. The average molecular weight is 303 g/mol. The van der Waals surface area contributed by atoms with Crippen molar-refractivity contribution >= 4 is 34.0 Å². The van der Waals surface area contributed by atoms with Crippen LogP contribution in [0.4, 0.5) is 10.8 Å². The predicted octanol–water partition coefficient (Wildman–Crippen LogP) is 2.95. The summed E-state index contributed by atoms with van der Waals surface area (Å²) in [6.07, 6.45) is 0. The molecule has 1 aromatic carbocycles. The minimum absolute atomic E-state index is 0.435. The Hall–Kier alpha value is -2.21. The second-order valence-corrected chi connectivity index (χ2v) is 6.07. The maximum absolute atomic E-state index is 11.9. The van der Waals surface area contributed by atoms with E-state index in [2.05, 4.69) is 15.6 Å². The average Bonchev–Trinajstić information content (AvgIpc) is 2.72. The van der Waals surface area contributed by atoms with E-state index in [-0.39, 0.29) is 0 Å². The largest absolute Gasteiger partial charge is 0.318 e. The monoisotopic (exact) mass is 303 g/mol. The van der Waals surface area contributed by atoms with Crippen LogP contribution in [0.3, 0.4) is 0 Å². The quantitative estimate of drug-likeness (QED) is 0.838. The number of thiazole rings is 1. The number of aryl methyl sites for hydroxylation is 4. The smallest absolute Gasteiger partial charge is 0.315 e. The van der Waals surface area contributed by atoms with Crippen molar-refractivity contribution in [3.63, 3.8) is 0 Å². The SMILES string of the molecule is Cc1ccc(NC(=O)C(=O)Nc2nc(C)c(C)s2)cc1C. The molecule has 0 aliphatic rings. The molecule has 0 saturated heterocycles. The summed E-state index contributed by atoms with van der Waals surface area (Å²) in [6.45, 7) is 7.71. The summed E-state index contributed by atoms with van der Waals surface area (Å²) in [6, 6.07) is 5.50. The van der Waals surface area contributed by atoms with E-state index in [0.717, 1.165) is 21.7 Å². The zero-order valence-electron chi connectivity index (χ0n) is 12.4. The van der Waals surface area contributed by atoms with Gasteiger partial charge in [0.05, 0.1) is 5.69 Å². The lowest BCUT2D eigenvalue weighted by Gasteiger charge is -2.07. The first-order valence-electron chi connectivity index (χ1n) is 6.50. The minimum atomic E-state index is -0.720. The lowest BCUT2D eigenvalue weighted by Crippen LogP contribution is -2.29. The summed E-state index contributed by atoms with van der Waals surface area (Å²) in [5.74, 6) is -1.43. The summed E-state index contributed by atoms with van der Waals surface area (Å²) in [5.41, 5.74) is 3.64. The molecular weight excluding hydrogens is 286 g/mol. The number of nitrogens with one attached hydrogen (secondary N) is 2. The molecule has 0 radical (unpaired) electrons. The third-order valence-corrected chi connectivity index (χ3v) is 4.21. The van der Waals surface area contributed by atoms with Crippen LogP contribution in [-0.2, 0) is 9.59 Å². The number of anilines is 2. The van der Waals surface area contributed by atoms with E-state index >= 15 is 0 Å². The Kier molecular flexibility index (Phi) is 4.37. The molecule has 6 heteroatoms. The summed E-state index contributed by atoms with van der Waals surface area (Å²) < 4.78 is 0. The third kappa shape index (κ3) is 3.66. The van der Waals surface area contributed by atoms with Crippen molar-refractivity contribution < 1.29 is 9.59 Å². The second-order valence-electron chi connectivity index (χ2n) is 4.87. The molecule has 0 atom stereocenters. The van der Waals surface area contributed by atoms with Crippen molar-refractivity contribution in [3.8, 4) is 0 Å². The predicted molar refractivity (Wildman–Crippen MR) is 84.8 cm³/mol. The van der Waals surface area contributed by atoms with E-state index in [1.54, 1.807) is 6.07 Å². The second kappa shape index (κ2) is 6.05. The molecule has 2 rings (SSSR count). The van der Waals surface area contributed by atoms with Gasteiger partial charge in [0.25, 0.3) is 0 Å². The Bertz CT molecular complexity index is 687. The number of carbonyl (C=O) groups is 2. The lowest BCUT2D eigenvalue weighted by atomic mass is 10.1. The van der Waals surface area contributed by atoms with E-state index in [9.17, 15) is 9.59 Å². The number of hydrogen-bond acceptors (Lipinski definition) is 4. The highest BCUT2D eigenvalue weighted by molar-refractivity contribution is 7.15. The lowest BCUT2D eigenvalue weighted by molar-refractivity contribution is -0.132. The van der Waals surface area contributed by atoms with Crippen LogP contribution in [0.5, 0.6) is 0 Å². The van der Waals surface area contributed by atoms with Crippen LogP contribution in [0.1, 0.15) is 21.7 Å². The highest BCUT2D eigenvalue weighted by atomic mass is 32.1. The molecule has 1 aromatic heterocycles. The fourth-order valence-corrected chi connectivity index (χ4v) is 2.50. The summed E-state index contributed by atoms with van der Waals surface area (Å²) in [7, 11) is 0. The van der Waals surface area contributed by atoms with Crippen LogP contribution in [0.15, 0.2) is 18.2 Å². The fourth-order valence-electron chi connectivity index (χ4n) is 1.69. The molecule has 2 amide bonds. The Morgan fingerprint density at radius 1 is 1.00 bits per heavy atom. The number of nitrogens with zero attached hydrogens (tertiary/aromatic N) is 1. The first kappa shape index (κ1) is 15.2. The van der Waals surface area contributed by atoms with E-state index in [4.69, 9.17) is 0 Å². The first-order valence-corrected chi connectivity index (χ1v) is 7.32. The van der Waals surface area contributed by atoms with Crippen molar-refractivity contribution in [1.29, 1.82) is 0 Å². The van der Waals surface area contributed by atoms with Crippen molar-refractivity contribution in [2.45, 2.75) is 27.7 Å². The van der Waals surface area contributed by atoms with Crippen molar-refractivity contribution in [2.24, 2.45) is 0 Å². The molecule has 0 aliphatic carbocycles. The molecule has 1 heterocycles. The molecule has 0 unspecified atom stereocenters. The summed E-state index contributed by atoms with van der Waals surface area (Å²) in [5, 5.41) is 5.52. The molecule has 0 spiro atoms. The Labute approximate surface area is 127 Å². The van der Waals surface area contributed by atoms with E-state index in [1.807, 2.05) is 39.8 Å². The van der Waals surface area contributed by atoms with Crippen molar-refractivity contribution in [1.82, 2.24) is 4.98 Å². The molecule has 2 N–H and O–H groups in total. The van der Waals surface area contributed by atoms with Gasteiger partial charge in [-0.25, -0.2) is 4.98 Å².